The highest BCUT2D eigenvalue weighted by molar-refractivity contribution is 5.95. The summed E-state index contributed by atoms with van der Waals surface area (Å²) in [5, 5.41) is 8.88. The predicted molar refractivity (Wildman–Crippen MR) is 75.1 cm³/mol. The molecule has 1 N–H and O–H groups in total. The van der Waals surface area contributed by atoms with Gasteiger partial charge in [0.25, 0.3) is 5.56 Å². The lowest BCUT2D eigenvalue weighted by atomic mass is 9.99. The minimum atomic E-state index is -0.139. The van der Waals surface area contributed by atoms with Crippen LogP contribution in [0, 0.1) is 13.8 Å². The van der Waals surface area contributed by atoms with Crippen molar-refractivity contribution in [2.45, 2.75) is 13.8 Å². The van der Waals surface area contributed by atoms with Crippen molar-refractivity contribution in [3.63, 3.8) is 0 Å². The molecule has 2 aromatic heterocycles. The van der Waals surface area contributed by atoms with Gasteiger partial charge in [-0.25, -0.2) is 5.10 Å². The number of hydrogen-bond donors (Lipinski definition) is 1. The van der Waals surface area contributed by atoms with Crippen LogP contribution in [0.2, 0.25) is 0 Å². The maximum Gasteiger partial charge on any atom is 0.267 e. The quantitative estimate of drug-likeness (QED) is 0.723. The minimum absolute atomic E-state index is 0.139. The van der Waals surface area contributed by atoms with Gasteiger partial charge in [-0.05, 0) is 30.9 Å². The maximum absolute atomic E-state index is 11.6. The molecule has 3 rings (SSSR count). The van der Waals surface area contributed by atoms with Crippen LogP contribution in [0.1, 0.15) is 11.1 Å². The summed E-state index contributed by atoms with van der Waals surface area (Å²) < 4.78 is 0. The van der Waals surface area contributed by atoms with Crippen molar-refractivity contribution in [2.24, 2.45) is 0 Å². The van der Waals surface area contributed by atoms with Gasteiger partial charge in [0.2, 0.25) is 0 Å². The topological polar surface area (TPSA) is 58.6 Å². The van der Waals surface area contributed by atoms with E-state index in [1.54, 1.807) is 6.20 Å². The van der Waals surface area contributed by atoms with E-state index in [0.29, 0.717) is 5.56 Å². The normalized spacial score (nSPS) is 10.8. The van der Waals surface area contributed by atoms with Crippen LogP contribution < -0.4 is 5.56 Å². The van der Waals surface area contributed by atoms with Crippen LogP contribution in [0.25, 0.3) is 22.0 Å². The molecule has 4 nitrogen and oxygen atoms in total. The Labute approximate surface area is 110 Å². The molecule has 19 heavy (non-hydrogen) atoms. The van der Waals surface area contributed by atoms with E-state index in [1.807, 2.05) is 44.3 Å². The SMILES string of the molecule is Cc1c(-c2cccc3ccncc23)n[nH]c(=O)c1C. The summed E-state index contributed by atoms with van der Waals surface area (Å²) in [5.41, 5.74) is 3.25. The van der Waals surface area contributed by atoms with Gasteiger partial charge in [0.1, 0.15) is 0 Å². The van der Waals surface area contributed by atoms with Crippen LogP contribution >= 0.6 is 0 Å². The molecule has 0 aliphatic carbocycles. The zero-order valence-electron chi connectivity index (χ0n) is 10.8. The van der Waals surface area contributed by atoms with E-state index in [0.717, 1.165) is 27.6 Å². The summed E-state index contributed by atoms with van der Waals surface area (Å²) in [6.07, 6.45) is 3.59. The van der Waals surface area contributed by atoms with E-state index in [-0.39, 0.29) is 5.56 Å². The zero-order chi connectivity index (χ0) is 13.4. The van der Waals surface area contributed by atoms with Gasteiger partial charge in [-0.1, -0.05) is 18.2 Å². The number of nitrogens with one attached hydrogen (secondary N) is 1. The number of H-pyrrole nitrogens is 1. The Balaban J connectivity index is 2.37. The van der Waals surface area contributed by atoms with Crippen molar-refractivity contribution in [1.29, 1.82) is 0 Å². The first-order chi connectivity index (χ1) is 9.18. The molecular weight excluding hydrogens is 238 g/mol. The first kappa shape index (κ1) is 11.6. The number of hydrogen-bond acceptors (Lipinski definition) is 3. The fourth-order valence-corrected chi connectivity index (χ4v) is 2.20. The maximum atomic E-state index is 11.6. The molecule has 0 radical (unpaired) electrons. The summed E-state index contributed by atoms with van der Waals surface area (Å²) in [5.74, 6) is 0. The van der Waals surface area contributed by atoms with Crippen LogP contribution in [0.5, 0.6) is 0 Å². The second-order valence-corrected chi connectivity index (χ2v) is 4.55. The largest absolute Gasteiger partial charge is 0.268 e. The summed E-state index contributed by atoms with van der Waals surface area (Å²) in [6, 6.07) is 7.98. The molecule has 1 aromatic carbocycles. The summed E-state index contributed by atoms with van der Waals surface area (Å²) in [4.78, 5) is 15.7. The second-order valence-electron chi connectivity index (χ2n) is 4.55. The van der Waals surface area contributed by atoms with Crippen molar-refractivity contribution in [3.05, 3.63) is 58.1 Å². The van der Waals surface area contributed by atoms with E-state index < -0.39 is 0 Å². The molecule has 0 atom stereocenters. The molecule has 94 valence electrons. The molecule has 4 heteroatoms. The molecule has 2 heterocycles. The van der Waals surface area contributed by atoms with E-state index in [1.165, 1.54) is 0 Å². The Hall–Kier alpha value is -2.49. The number of benzene rings is 1. The van der Waals surface area contributed by atoms with Crippen molar-refractivity contribution < 1.29 is 0 Å². The molecule has 0 aliphatic heterocycles. The Morgan fingerprint density at radius 2 is 1.95 bits per heavy atom. The summed E-state index contributed by atoms with van der Waals surface area (Å²) >= 11 is 0. The lowest BCUT2D eigenvalue weighted by Gasteiger charge is -2.09. The average molecular weight is 251 g/mol. The number of rotatable bonds is 1. The van der Waals surface area contributed by atoms with Gasteiger partial charge in [0.15, 0.2) is 0 Å². The molecule has 0 saturated carbocycles. The Kier molecular flexibility index (Phi) is 2.63. The molecule has 0 fully saturated rings. The van der Waals surface area contributed by atoms with Crippen molar-refractivity contribution in [2.75, 3.05) is 0 Å². The van der Waals surface area contributed by atoms with Gasteiger partial charge in [0.05, 0.1) is 5.69 Å². The van der Waals surface area contributed by atoms with E-state index >= 15 is 0 Å². The Bertz CT molecular complexity index is 816. The lowest BCUT2D eigenvalue weighted by Crippen LogP contribution is -2.14. The molecule has 0 spiro atoms. The van der Waals surface area contributed by atoms with Crippen LogP contribution in [0.4, 0.5) is 0 Å². The molecule has 0 saturated heterocycles. The average Bonchev–Trinajstić information content (AvgIpc) is 2.45. The Morgan fingerprint density at radius 1 is 1.11 bits per heavy atom. The van der Waals surface area contributed by atoms with Gasteiger partial charge < -0.3 is 0 Å². The van der Waals surface area contributed by atoms with E-state index in [4.69, 9.17) is 0 Å². The van der Waals surface area contributed by atoms with Crippen LogP contribution in [0.15, 0.2) is 41.5 Å². The number of aromatic amines is 1. The number of pyridine rings is 1. The van der Waals surface area contributed by atoms with Crippen LogP contribution in [-0.4, -0.2) is 15.2 Å². The number of aromatic nitrogens is 3. The minimum Gasteiger partial charge on any atom is -0.268 e. The standard InChI is InChI=1S/C15H13N3O/c1-9-10(2)15(19)18-17-14(9)12-5-3-4-11-6-7-16-8-13(11)12/h3-8H,1-2H3,(H,18,19). The molecule has 0 aliphatic rings. The highest BCUT2D eigenvalue weighted by Gasteiger charge is 2.11. The lowest BCUT2D eigenvalue weighted by molar-refractivity contribution is 0.960. The van der Waals surface area contributed by atoms with Crippen molar-refractivity contribution in [3.8, 4) is 11.3 Å². The summed E-state index contributed by atoms with van der Waals surface area (Å²) in [6.45, 7) is 3.73. The van der Waals surface area contributed by atoms with Gasteiger partial charge in [-0.15, -0.1) is 0 Å². The third-order valence-electron chi connectivity index (χ3n) is 3.47. The Morgan fingerprint density at radius 3 is 2.79 bits per heavy atom. The smallest absolute Gasteiger partial charge is 0.267 e. The number of nitrogens with zero attached hydrogens (tertiary/aromatic N) is 2. The van der Waals surface area contributed by atoms with Crippen molar-refractivity contribution in [1.82, 2.24) is 15.2 Å². The summed E-state index contributed by atoms with van der Waals surface area (Å²) in [7, 11) is 0. The van der Waals surface area contributed by atoms with E-state index in [9.17, 15) is 4.79 Å². The third-order valence-corrected chi connectivity index (χ3v) is 3.47. The monoisotopic (exact) mass is 251 g/mol. The van der Waals surface area contributed by atoms with E-state index in [2.05, 4.69) is 15.2 Å². The van der Waals surface area contributed by atoms with Crippen LogP contribution in [0.3, 0.4) is 0 Å². The zero-order valence-corrected chi connectivity index (χ0v) is 10.8. The molecule has 0 bridgehead atoms. The third kappa shape index (κ3) is 1.81. The highest BCUT2D eigenvalue weighted by atomic mass is 16.1. The first-order valence-electron chi connectivity index (χ1n) is 6.07. The van der Waals surface area contributed by atoms with Gasteiger partial charge in [0, 0.05) is 28.9 Å². The van der Waals surface area contributed by atoms with Gasteiger partial charge in [-0.2, -0.15) is 5.10 Å². The molecule has 0 amide bonds. The predicted octanol–water partition coefficient (Wildman–Crippen LogP) is 2.60. The highest BCUT2D eigenvalue weighted by Crippen LogP contribution is 2.28. The molecule has 3 aromatic rings. The van der Waals surface area contributed by atoms with Crippen molar-refractivity contribution >= 4 is 10.8 Å². The van der Waals surface area contributed by atoms with Gasteiger partial charge in [-0.3, -0.25) is 9.78 Å². The fraction of sp³-hybridized carbons (Fsp3) is 0.133. The molecular formula is C15H13N3O. The van der Waals surface area contributed by atoms with Crippen LogP contribution in [-0.2, 0) is 0 Å². The second kappa shape index (κ2) is 4.31. The fourth-order valence-electron chi connectivity index (χ4n) is 2.20. The van der Waals surface area contributed by atoms with Gasteiger partial charge >= 0.3 is 0 Å². The first-order valence-corrected chi connectivity index (χ1v) is 6.07. The number of fused-ring (bicyclic) bond motifs is 1. The molecule has 0 unspecified atom stereocenters.